The molecule has 2 rings (SSSR count). The topological polar surface area (TPSA) is 40.6 Å². The maximum Gasteiger partial charge on any atom is 0.243 e. The minimum absolute atomic E-state index is 0.0995. The van der Waals surface area contributed by atoms with E-state index in [1.54, 1.807) is 11.4 Å². The van der Waals surface area contributed by atoms with E-state index >= 15 is 0 Å². The van der Waals surface area contributed by atoms with Gasteiger partial charge < -0.3 is 4.90 Å². The Morgan fingerprint density at radius 3 is 2.00 bits per heavy atom. The van der Waals surface area contributed by atoms with Crippen LogP contribution in [0.15, 0.2) is 11.0 Å². The van der Waals surface area contributed by atoms with E-state index in [9.17, 15) is 8.42 Å². The van der Waals surface area contributed by atoms with Crippen molar-refractivity contribution in [3.05, 3.63) is 28.3 Å². The summed E-state index contributed by atoms with van der Waals surface area (Å²) in [5, 5.41) is 0. The molecule has 1 aromatic carbocycles. The van der Waals surface area contributed by atoms with Crippen molar-refractivity contribution in [2.45, 2.75) is 58.4 Å². The number of likely N-dealkylation sites (tertiary alicyclic amines) is 1. The van der Waals surface area contributed by atoms with Crippen molar-refractivity contribution < 1.29 is 8.42 Å². The van der Waals surface area contributed by atoms with Gasteiger partial charge in [-0.1, -0.05) is 13.0 Å². The summed E-state index contributed by atoms with van der Waals surface area (Å²) in [5.41, 5.74) is 3.85. The zero-order valence-electron chi connectivity index (χ0n) is 15.3. The van der Waals surface area contributed by atoms with E-state index in [0.29, 0.717) is 4.90 Å². The third-order valence-electron chi connectivity index (χ3n) is 5.45. The fourth-order valence-corrected chi connectivity index (χ4v) is 5.49. The van der Waals surface area contributed by atoms with E-state index < -0.39 is 10.0 Å². The van der Waals surface area contributed by atoms with Crippen LogP contribution in [0.5, 0.6) is 0 Å². The number of nitrogens with zero attached hydrogens (tertiary/aromatic N) is 2. The highest BCUT2D eigenvalue weighted by atomic mass is 32.2. The molecule has 1 heterocycles. The summed E-state index contributed by atoms with van der Waals surface area (Å²) in [6.07, 6.45) is 1.82. The number of hydrogen-bond acceptors (Lipinski definition) is 3. The van der Waals surface area contributed by atoms with Crippen LogP contribution in [0.4, 0.5) is 0 Å². The standard InChI is InChI=1S/C18H30N2O2S/c1-7-20-10-8-17(9-11-20)19(6)23(21,22)18-15(4)13(2)12-14(3)16(18)5/h12,17H,7-11H2,1-6H3. The number of hydrogen-bond donors (Lipinski definition) is 0. The Kier molecular flexibility index (Phi) is 5.54. The molecule has 1 aliphatic rings. The second-order valence-electron chi connectivity index (χ2n) is 6.78. The summed E-state index contributed by atoms with van der Waals surface area (Å²) < 4.78 is 28.1. The molecule has 5 heteroatoms. The number of rotatable bonds is 4. The first kappa shape index (κ1) is 18.4. The second-order valence-corrected chi connectivity index (χ2v) is 8.71. The summed E-state index contributed by atoms with van der Waals surface area (Å²) >= 11 is 0. The van der Waals surface area contributed by atoms with Gasteiger partial charge in [0.25, 0.3) is 0 Å². The van der Waals surface area contributed by atoms with E-state index in [-0.39, 0.29) is 6.04 Å². The molecule has 0 aliphatic carbocycles. The normalized spacial score (nSPS) is 17.9. The zero-order valence-corrected chi connectivity index (χ0v) is 16.1. The molecular weight excluding hydrogens is 308 g/mol. The molecule has 0 radical (unpaired) electrons. The molecule has 0 unspecified atom stereocenters. The highest BCUT2D eigenvalue weighted by molar-refractivity contribution is 7.89. The molecule has 0 atom stereocenters. The molecule has 0 amide bonds. The van der Waals surface area contributed by atoms with E-state index in [2.05, 4.69) is 17.9 Å². The van der Waals surface area contributed by atoms with Crippen LogP contribution >= 0.6 is 0 Å². The molecule has 0 N–H and O–H groups in total. The average molecular weight is 339 g/mol. The molecule has 4 nitrogen and oxygen atoms in total. The quantitative estimate of drug-likeness (QED) is 0.847. The Balaban J connectivity index is 2.36. The van der Waals surface area contributed by atoms with E-state index in [1.165, 1.54) is 0 Å². The lowest BCUT2D eigenvalue weighted by Crippen LogP contribution is -2.45. The number of benzene rings is 1. The molecule has 1 saturated heterocycles. The van der Waals surface area contributed by atoms with E-state index in [4.69, 9.17) is 0 Å². The number of aryl methyl sites for hydroxylation is 2. The predicted octanol–water partition coefficient (Wildman–Crippen LogP) is 3.03. The van der Waals surface area contributed by atoms with Crippen molar-refractivity contribution >= 4 is 10.0 Å². The van der Waals surface area contributed by atoms with Gasteiger partial charge >= 0.3 is 0 Å². The maximum absolute atomic E-state index is 13.2. The molecule has 1 fully saturated rings. The molecule has 0 spiro atoms. The Morgan fingerprint density at radius 2 is 1.57 bits per heavy atom. The molecular formula is C18H30N2O2S. The molecule has 23 heavy (non-hydrogen) atoms. The van der Waals surface area contributed by atoms with Crippen LogP contribution in [-0.4, -0.2) is 50.3 Å². The van der Waals surface area contributed by atoms with Crippen LogP contribution in [0.2, 0.25) is 0 Å². The van der Waals surface area contributed by atoms with Gasteiger partial charge in [0.15, 0.2) is 0 Å². The van der Waals surface area contributed by atoms with Gasteiger partial charge in [-0.2, -0.15) is 4.31 Å². The van der Waals surface area contributed by atoms with Gasteiger partial charge in [-0.15, -0.1) is 0 Å². The summed E-state index contributed by atoms with van der Waals surface area (Å²) in [4.78, 5) is 2.89. The van der Waals surface area contributed by atoms with Gasteiger partial charge in [0.2, 0.25) is 10.0 Å². The van der Waals surface area contributed by atoms with Gasteiger partial charge in [-0.05, 0) is 82.4 Å². The zero-order chi connectivity index (χ0) is 17.4. The Morgan fingerprint density at radius 1 is 1.09 bits per heavy atom. The van der Waals surface area contributed by atoms with Crippen LogP contribution in [-0.2, 0) is 10.0 Å². The Hall–Kier alpha value is -0.910. The van der Waals surface area contributed by atoms with Crippen molar-refractivity contribution in [1.82, 2.24) is 9.21 Å². The first-order valence-electron chi connectivity index (χ1n) is 8.48. The minimum Gasteiger partial charge on any atom is -0.303 e. The third kappa shape index (κ3) is 3.47. The summed E-state index contributed by atoms with van der Waals surface area (Å²) in [6.45, 7) is 13.0. The lowest BCUT2D eigenvalue weighted by Gasteiger charge is -2.36. The van der Waals surface area contributed by atoms with Crippen LogP contribution in [0.1, 0.15) is 42.0 Å². The molecule has 0 saturated carbocycles. The smallest absolute Gasteiger partial charge is 0.243 e. The SMILES string of the molecule is CCN1CCC(N(C)S(=O)(=O)c2c(C)c(C)cc(C)c2C)CC1. The van der Waals surface area contributed by atoms with Crippen LogP contribution < -0.4 is 0 Å². The van der Waals surface area contributed by atoms with Crippen molar-refractivity contribution in [3.63, 3.8) is 0 Å². The first-order chi connectivity index (χ1) is 10.7. The molecule has 0 bridgehead atoms. The monoisotopic (exact) mass is 338 g/mol. The summed E-state index contributed by atoms with van der Waals surface area (Å²) in [6, 6.07) is 2.17. The summed E-state index contributed by atoms with van der Waals surface area (Å²) in [7, 11) is -1.71. The van der Waals surface area contributed by atoms with Gasteiger partial charge in [0.1, 0.15) is 0 Å². The van der Waals surface area contributed by atoms with Crippen molar-refractivity contribution in [1.29, 1.82) is 0 Å². The van der Waals surface area contributed by atoms with Gasteiger partial charge in [0, 0.05) is 13.1 Å². The van der Waals surface area contributed by atoms with Crippen LogP contribution in [0.3, 0.4) is 0 Å². The van der Waals surface area contributed by atoms with Gasteiger partial charge in [-0.25, -0.2) is 8.42 Å². The van der Waals surface area contributed by atoms with Gasteiger partial charge in [0.05, 0.1) is 4.90 Å². The van der Waals surface area contributed by atoms with Crippen LogP contribution in [0.25, 0.3) is 0 Å². The molecule has 130 valence electrons. The third-order valence-corrected chi connectivity index (χ3v) is 7.64. The van der Waals surface area contributed by atoms with Crippen LogP contribution in [0, 0.1) is 27.7 Å². The second kappa shape index (κ2) is 6.91. The maximum atomic E-state index is 13.2. The lowest BCUT2D eigenvalue weighted by atomic mass is 10.0. The van der Waals surface area contributed by atoms with E-state index in [0.717, 1.165) is 54.7 Å². The fraction of sp³-hybridized carbons (Fsp3) is 0.667. The average Bonchev–Trinajstić information content (AvgIpc) is 2.52. The highest BCUT2D eigenvalue weighted by Gasteiger charge is 2.33. The van der Waals surface area contributed by atoms with Crippen molar-refractivity contribution in [2.75, 3.05) is 26.7 Å². The first-order valence-corrected chi connectivity index (χ1v) is 9.92. The molecule has 0 aromatic heterocycles. The van der Waals surface area contributed by atoms with Gasteiger partial charge in [-0.3, -0.25) is 0 Å². The molecule has 1 aromatic rings. The largest absolute Gasteiger partial charge is 0.303 e. The lowest BCUT2D eigenvalue weighted by molar-refractivity contribution is 0.176. The summed E-state index contributed by atoms with van der Waals surface area (Å²) in [5.74, 6) is 0. The number of sulfonamides is 1. The molecule has 1 aliphatic heterocycles. The number of piperidine rings is 1. The Bertz CT molecular complexity index is 649. The Labute approximate surface area is 141 Å². The fourth-order valence-electron chi connectivity index (χ4n) is 3.51. The van der Waals surface area contributed by atoms with Crippen molar-refractivity contribution in [2.24, 2.45) is 0 Å². The highest BCUT2D eigenvalue weighted by Crippen LogP contribution is 2.30. The minimum atomic E-state index is -3.45. The van der Waals surface area contributed by atoms with Crippen molar-refractivity contribution in [3.8, 4) is 0 Å². The predicted molar refractivity (Wildman–Crippen MR) is 95.5 cm³/mol. The van der Waals surface area contributed by atoms with E-state index in [1.807, 2.05) is 27.7 Å².